The molecule has 90 valence electrons. The van der Waals surface area contributed by atoms with Crippen LogP contribution in [-0.4, -0.2) is 33.8 Å². The summed E-state index contributed by atoms with van der Waals surface area (Å²) in [5.74, 6) is -0.174. The molecule has 0 spiro atoms. The lowest BCUT2D eigenvalue weighted by molar-refractivity contribution is -0.117. The number of rotatable bonds is 3. The average molecular weight is 299 g/mol. The molecule has 1 N–H and O–H groups in total. The third kappa shape index (κ3) is 2.46. The molecule has 17 heavy (non-hydrogen) atoms. The summed E-state index contributed by atoms with van der Waals surface area (Å²) in [6.07, 6.45) is 1.78. The van der Waals surface area contributed by atoms with Gasteiger partial charge in [0.25, 0.3) is 0 Å². The average Bonchev–Trinajstić information content (AvgIpc) is 2.71. The van der Waals surface area contributed by atoms with E-state index in [1.807, 2.05) is 0 Å². The summed E-state index contributed by atoms with van der Waals surface area (Å²) in [6.45, 7) is 0.628. The fourth-order valence-electron chi connectivity index (χ4n) is 1.78. The first-order valence-corrected chi connectivity index (χ1v) is 6.29. The van der Waals surface area contributed by atoms with Crippen molar-refractivity contribution >= 4 is 33.6 Å². The van der Waals surface area contributed by atoms with Crippen molar-refractivity contribution in [3.05, 3.63) is 23.9 Å². The number of nitrogens with zero attached hydrogens (tertiary/aromatic N) is 2. The molecule has 2 heterocycles. The normalized spacial score (nSPS) is 19.7. The quantitative estimate of drug-likeness (QED) is 0.859. The number of aromatic nitrogens is 1. The van der Waals surface area contributed by atoms with Crippen LogP contribution in [0.3, 0.4) is 0 Å². The van der Waals surface area contributed by atoms with Crippen molar-refractivity contribution < 1.29 is 14.7 Å². The smallest absolute Gasteiger partial charge is 0.337 e. The largest absolute Gasteiger partial charge is 0.478 e. The van der Waals surface area contributed by atoms with Gasteiger partial charge in [-0.25, -0.2) is 9.78 Å². The van der Waals surface area contributed by atoms with E-state index in [2.05, 4.69) is 20.9 Å². The molecule has 5 nitrogen and oxygen atoms in total. The second-order valence-electron chi connectivity index (χ2n) is 3.94. The molecule has 0 aliphatic carbocycles. The fraction of sp³-hybridized carbons (Fsp3) is 0.364. The third-order valence-corrected chi connectivity index (χ3v) is 3.61. The number of alkyl halides is 1. The Morgan fingerprint density at radius 2 is 2.35 bits per heavy atom. The number of carboxylic acid groups (broad SMARTS) is 1. The molecular formula is C11H11BrN2O3. The maximum absolute atomic E-state index is 11.7. The van der Waals surface area contributed by atoms with Gasteiger partial charge in [0.05, 0.1) is 5.56 Å². The van der Waals surface area contributed by atoms with Crippen LogP contribution in [-0.2, 0) is 4.79 Å². The number of carbonyl (C=O) groups is 2. The summed E-state index contributed by atoms with van der Waals surface area (Å²) >= 11 is 3.36. The van der Waals surface area contributed by atoms with Crippen LogP contribution in [0.2, 0.25) is 0 Å². The Balaban J connectivity index is 2.18. The summed E-state index contributed by atoms with van der Waals surface area (Å²) in [6, 6.07) is 3.03. The Morgan fingerprint density at radius 3 is 2.82 bits per heavy atom. The van der Waals surface area contributed by atoms with Crippen molar-refractivity contribution in [3.63, 3.8) is 0 Å². The zero-order valence-corrected chi connectivity index (χ0v) is 10.6. The van der Waals surface area contributed by atoms with Crippen LogP contribution < -0.4 is 4.90 Å². The number of pyridine rings is 1. The second kappa shape index (κ2) is 4.83. The summed E-state index contributed by atoms with van der Waals surface area (Å²) in [5.41, 5.74) is 0.123. The molecule has 0 bridgehead atoms. The molecule has 6 heteroatoms. The third-order valence-electron chi connectivity index (χ3n) is 2.69. The first-order valence-electron chi connectivity index (χ1n) is 5.17. The monoisotopic (exact) mass is 298 g/mol. The maximum atomic E-state index is 11.7. The predicted molar refractivity (Wildman–Crippen MR) is 65.5 cm³/mol. The minimum absolute atomic E-state index is 0.0324. The van der Waals surface area contributed by atoms with E-state index >= 15 is 0 Å². The molecule has 0 aromatic carbocycles. The molecule has 1 amide bonds. The highest BCUT2D eigenvalue weighted by atomic mass is 79.9. The molecule has 1 unspecified atom stereocenters. The van der Waals surface area contributed by atoms with E-state index < -0.39 is 5.97 Å². The summed E-state index contributed by atoms with van der Waals surface area (Å²) in [5, 5.41) is 9.53. The highest BCUT2D eigenvalue weighted by Crippen LogP contribution is 2.24. The molecule has 0 saturated carbocycles. The topological polar surface area (TPSA) is 70.5 Å². The van der Waals surface area contributed by atoms with E-state index in [1.165, 1.54) is 12.3 Å². The molecular weight excluding hydrogens is 288 g/mol. The highest BCUT2D eigenvalue weighted by Gasteiger charge is 2.30. The van der Waals surface area contributed by atoms with Gasteiger partial charge in [0.1, 0.15) is 5.82 Å². The Morgan fingerprint density at radius 1 is 1.59 bits per heavy atom. The maximum Gasteiger partial charge on any atom is 0.337 e. The lowest BCUT2D eigenvalue weighted by Gasteiger charge is -2.14. The van der Waals surface area contributed by atoms with Gasteiger partial charge in [-0.1, -0.05) is 15.9 Å². The minimum atomic E-state index is -1.02. The Hall–Kier alpha value is -1.43. The van der Waals surface area contributed by atoms with Gasteiger partial charge in [-0.15, -0.1) is 0 Å². The van der Waals surface area contributed by atoms with Gasteiger partial charge in [-0.2, -0.15) is 0 Å². The van der Waals surface area contributed by atoms with Gasteiger partial charge < -0.3 is 5.11 Å². The van der Waals surface area contributed by atoms with Crippen LogP contribution in [0, 0.1) is 5.92 Å². The van der Waals surface area contributed by atoms with Gasteiger partial charge in [0, 0.05) is 24.5 Å². The van der Waals surface area contributed by atoms with Crippen molar-refractivity contribution in [2.75, 3.05) is 16.8 Å². The number of amides is 1. The highest BCUT2D eigenvalue weighted by molar-refractivity contribution is 9.09. The van der Waals surface area contributed by atoms with Gasteiger partial charge in [-0.3, -0.25) is 9.69 Å². The van der Waals surface area contributed by atoms with Crippen LogP contribution in [0.15, 0.2) is 18.3 Å². The van der Waals surface area contributed by atoms with Crippen molar-refractivity contribution in [1.82, 2.24) is 4.98 Å². The van der Waals surface area contributed by atoms with Gasteiger partial charge in [0.2, 0.25) is 5.91 Å². The summed E-state index contributed by atoms with van der Waals surface area (Å²) < 4.78 is 0. The van der Waals surface area contributed by atoms with E-state index in [-0.39, 0.29) is 11.5 Å². The van der Waals surface area contributed by atoms with Crippen LogP contribution >= 0.6 is 15.9 Å². The van der Waals surface area contributed by atoms with Crippen LogP contribution in [0.5, 0.6) is 0 Å². The fourth-order valence-corrected chi connectivity index (χ4v) is 2.21. The van der Waals surface area contributed by atoms with E-state index in [4.69, 9.17) is 5.11 Å². The SMILES string of the molecule is O=C(O)c1ccc(N2CC(CBr)CC2=O)nc1. The Kier molecular flexibility index (Phi) is 3.42. The van der Waals surface area contributed by atoms with E-state index in [1.54, 1.807) is 11.0 Å². The lowest BCUT2D eigenvalue weighted by atomic mass is 10.2. The Bertz CT molecular complexity index is 447. The van der Waals surface area contributed by atoms with Gasteiger partial charge in [-0.05, 0) is 18.1 Å². The van der Waals surface area contributed by atoms with Crippen molar-refractivity contribution in [3.8, 4) is 0 Å². The molecule has 1 aliphatic heterocycles. The number of aromatic carboxylic acids is 1. The van der Waals surface area contributed by atoms with Crippen molar-refractivity contribution in [2.24, 2.45) is 5.92 Å². The minimum Gasteiger partial charge on any atom is -0.478 e. The molecule has 1 aliphatic rings. The number of hydrogen-bond donors (Lipinski definition) is 1. The van der Waals surface area contributed by atoms with Crippen LogP contribution in [0.4, 0.5) is 5.82 Å². The van der Waals surface area contributed by atoms with Gasteiger partial charge in [0.15, 0.2) is 0 Å². The first-order chi connectivity index (χ1) is 8.11. The standard InChI is InChI=1S/C11H11BrN2O3/c12-4-7-3-10(15)14(6-7)9-2-1-8(5-13-9)11(16)17/h1-2,5,7H,3-4,6H2,(H,16,17). The van der Waals surface area contributed by atoms with Crippen LogP contribution in [0.25, 0.3) is 0 Å². The van der Waals surface area contributed by atoms with E-state index in [0.717, 1.165) is 5.33 Å². The summed E-state index contributed by atoms with van der Waals surface area (Å²) in [7, 11) is 0. The predicted octanol–water partition coefficient (Wildman–Crippen LogP) is 1.53. The number of hydrogen-bond acceptors (Lipinski definition) is 3. The number of carbonyl (C=O) groups excluding carboxylic acids is 1. The first kappa shape index (κ1) is 12.0. The molecule has 1 fully saturated rings. The zero-order valence-electron chi connectivity index (χ0n) is 8.97. The molecule has 0 radical (unpaired) electrons. The second-order valence-corrected chi connectivity index (χ2v) is 4.59. The molecule has 2 rings (SSSR count). The molecule has 1 atom stereocenters. The lowest BCUT2D eigenvalue weighted by Crippen LogP contribution is -2.25. The van der Waals surface area contributed by atoms with Crippen LogP contribution in [0.1, 0.15) is 16.8 Å². The van der Waals surface area contributed by atoms with E-state index in [9.17, 15) is 9.59 Å². The number of anilines is 1. The zero-order chi connectivity index (χ0) is 12.4. The van der Waals surface area contributed by atoms with Crippen molar-refractivity contribution in [2.45, 2.75) is 6.42 Å². The van der Waals surface area contributed by atoms with Gasteiger partial charge >= 0.3 is 5.97 Å². The number of carboxylic acids is 1. The van der Waals surface area contributed by atoms with E-state index in [0.29, 0.717) is 24.7 Å². The molecule has 1 saturated heterocycles. The number of halogens is 1. The summed E-state index contributed by atoms with van der Waals surface area (Å²) in [4.78, 5) is 28.0. The van der Waals surface area contributed by atoms with Crippen molar-refractivity contribution in [1.29, 1.82) is 0 Å². The Labute approximate surface area is 107 Å². The molecule has 1 aromatic heterocycles. The molecule has 1 aromatic rings.